The van der Waals surface area contributed by atoms with E-state index in [0.29, 0.717) is 5.95 Å². The number of aromatic amines is 1. The smallest absolute Gasteiger partial charge is 0.252 e. The molecule has 22 heavy (non-hydrogen) atoms. The highest BCUT2D eigenvalue weighted by molar-refractivity contribution is 5.54. The fourth-order valence-corrected chi connectivity index (χ4v) is 2.08. The minimum atomic E-state index is -0.136. The number of unbranched alkanes of at least 4 members (excludes halogenated alkanes) is 1. The van der Waals surface area contributed by atoms with Gasteiger partial charge in [-0.3, -0.25) is 9.78 Å². The van der Waals surface area contributed by atoms with E-state index in [2.05, 4.69) is 22.2 Å². The van der Waals surface area contributed by atoms with Gasteiger partial charge in [0, 0.05) is 17.4 Å². The van der Waals surface area contributed by atoms with Crippen molar-refractivity contribution in [2.75, 3.05) is 5.32 Å². The van der Waals surface area contributed by atoms with Gasteiger partial charge >= 0.3 is 0 Å². The Hall–Kier alpha value is -2.30. The van der Waals surface area contributed by atoms with Crippen molar-refractivity contribution < 1.29 is 4.74 Å². The molecule has 0 atom stereocenters. The van der Waals surface area contributed by atoms with Gasteiger partial charge in [-0.05, 0) is 51.0 Å². The Kier molecular flexibility index (Phi) is 5.58. The third kappa shape index (κ3) is 4.91. The minimum Gasteiger partial charge on any atom is -0.491 e. The number of benzene rings is 1. The molecular formula is C17H23N3O2. The number of nitrogens with one attached hydrogen (secondary N) is 2. The van der Waals surface area contributed by atoms with Crippen LogP contribution in [0.1, 0.15) is 39.3 Å². The molecule has 0 amide bonds. The minimum absolute atomic E-state index is 0.136. The van der Waals surface area contributed by atoms with Crippen molar-refractivity contribution in [1.82, 2.24) is 9.97 Å². The summed E-state index contributed by atoms with van der Waals surface area (Å²) in [4.78, 5) is 18.8. The van der Waals surface area contributed by atoms with Gasteiger partial charge in [-0.2, -0.15) is 0 Å². The topological polar surface area (TPSA) is 67.0 Å². The van der Waals surface area contributed by atoms with Crippen molar-refractivity contribution in [3.8, 4) is 5.75 Å². The summed E-state index contributed by atoms with van der Waals surface area (Å²) in [5, 5.41) is 3.12. The molecular weight excluding hydrogens is 278 g/mol. The highest BCUT2D eigenvalue weighted by Gasteiger charge is 2.03. The number of nitrogens with zero attached hydrogens (tertiary/aromatic N) is 1. The molecule has 1 aromatic heterocycles. The van der Waals surface area contributed by atoms with Crippen molar-refractivity contribution in [3.05, 3.63) is 46.4 Å². The summed E-state index contributed by atoms with van der Waals surface area (Å²) in [6.07, 6.45) is 3.06. The van der Waals surface area contributed by atoms with Gasteiger partial charge in [-0.25, -0.2) is 4.98 Å². The maximum Gasteiger partial charge on any atom is 0.252 e. The van der Waals surface area contributed by atoms with Gasteiger partial charge in [0.2, 0.25) is 5.95 Å². The van der Waals surface area contributed by atoms with E-state index < -0.39 is 0 Å². The Balaban J connectivity index is 2.09. The van der Waals surface area contributed by atoms with Crippen LogP contribution in [0.5, 0.6) is 5.75 Å². The van der Waals surface area contributed by atoms with Crippen LogP contribution in [0, 0.1) is 0 Å². The first-order valence-corrected chi connectivity index (χ1v) is 7.71. The quantitative estimate of drug-likeness (QED) is 0.819. The third-order valence-corrected chi connectivity index (χ3v) is 3.07. The van der Waals surface area contributed by atoms with E-state index in [1.807, 2.05) is 38.1 Å². The van der Waals surface area contributed by atoms with Crippen molar-refractivity contribution in [1.29, 1.82) is 0 Å². The number of aryl methyl sites for hydroxylation is 1. The molecule has 0 spiro atoms. The third-order valence-electron chi connectivity index (χ3n) is 3.07. The molecule has 118 valence electrons. The molecule has 0 aliphatic heterocycles. The molecule has 5 heteroatoms. The number of hydrogen-bond acceptors (Lipinski definition) is 4. The van der Waals surface area contributed by atoms with Crippen LogP contribution in [-0.4, -0.2) is 16.1 Å². The predicted octanol–water partition coefficient (Wildman–Crippen LogP) is 3.64. The number of anilines is 2. The maximum atomic E-state index is 11.7. The molecule has 0 saturated heterocycles. The predicted molar refractivity (Wildman–Crippen MR) is 89.0 cm³/mol. The van der Waals surface area contributed by atoms with E-state index in [1.165, 1.54) is 0 Å². The highest BCUT2D eigenvalue weighted by Crippen LogP contribution is 2.19. The first-order chi connectivity index (χ1) is 10.6. The molecule has 1 heterocycles. The highest BCUT2D eigenvalue weighted by atomic mass is 16.5. The van der Waals surface area contributed by atoms with Crippen LogP contribution in [0.3, 0.4) is 0 Å². The van der Waals surface area contributed by atoms with Crippen LogP contribution >= 0.6 is 0 Å². The van der Waals surface area contributed by atoms with Gasteiger partial charge in [0.1, 0.15) is 5.75 Å². The lowest BCUT2D eigenvalue weighted by atomic mass is 10.2. The van der Waals surface area contributed by atoms with Crippen molar-refractivity contribution in [2.24, 2.45) is 0 Å². The zero-order valence-electron chi connectivity index (χ0n) is 13.3. The van der Waals surface area contributed by atoms with Gasteiger partial charge in [0.25, 0.3) is 5.56 Å². The summed E-state index contributed by atoms with van der Waals surface area (Å²) in [7, 11) is 0. The van der Waals surface area contributed by atoms with E-state index >= 15 is 0 Å². The lowest BCUT2D eigenvalue weighted by Gasteiger charge is -2.11. The summed E-state index contributed by atoms with van der Waals surface area (Å²) in [6, 6.07) is 9.13. The van der Waals surface area contributed by atoms with Crippen LogP contribution in [0.25, 0.3) is 0 Å². The van der Waals surface area contributed by atoms with E-state index in [-0.39, 0.29) is 11.7 Å². The van der Waals surface area contributed by atoms with Gasteiger partial charge < -0.3 is 10.1 Å². The fourth-order valence-electron chi connectivity index (χ4n) is 2.08. The molecule has 2 N–H and O–H groups in total. The molecule has 1 aromatic carbocycles. The van der Waals surface area contributed by atoms with Crippen molar-refractivity contribution in [2.45, 2.75) is 46.1 Å². The fraction of sp³-hybridized carbons (Fsp3) is 0.412. The summed E-state index contributed by atoms with van der Waals surface area (Å²) in [5.41, 5.74) is 1.53. The van der Waals surface area contributed by atoms with E-state index in [9.17, 15) is 4.79 Å². The Bertz CT molecular complexity index is 648. The SMILES string of the molecule is CCCCc1cc(=O)[nH]c(Nc2ccc(OC(C)C)cc2)n1. The Morgan fingerprint density at radius 1 is 1.27 bits per heavy atom. The lowest BCUT2D eigenvalue weighted by Crippen LogP contribution is -2.12. The molecule has 0 fully saturated rings. The number of ether oxygens (including phenoxy) is 1. The second-order valence-corrected chi connectivity index (χ2v) is 5.50. The van der Waals surface area contributed by atoms with Crippen molar-refractivity contribution in [3.63, 3.8) is 0 Å². The summed E-state index contributed by atoms with van der Waals surface area (Å²) in [6.45, 7) is 6.10. The Morgan fingerprint density at radius 3 is 2.64 bits per heavy atom. The van der Waals surface area contributed by atoms with E-state index in [0.717, 1.165) is 36.4 Å². The van der Waals surface area contributed by atoms with Crippen LogP contribution in [0.2, 0.25) is 0 Å². The second kappa shape index (κ2) is 7.64. The molecule has 2 rings (SSSR count). The zero-order valence-corrected chi connectivity index (χ0v) is 13.3. The average molecular weight is 301 g/mol. The van der Waals surface area contributed by atoms with Crippen LogP contribution in [0.15, 0.2) is 35.1 Å². The monoisotopic (exact) mass is 301 g/mol. The van der Waals surface area contributed by atoms with Gasteiger partial charge in [-0.1, -0.05) is 13.3 Å². The molecule has 0 saturated carbocycles. The maximum absolute atomic E-state index is 11.7. The average Bonchev–Trinajstić information content (AvgIpc) is 2.46. The van der Waals surface area contributed by atoms with E-state index in [1.54, 1.807) is 6.07 Å². The summed E-state index contributed by atoms with van der Waals surface area (Å²) in [5.74, 6) is 1.29. The van der Waals surface area contributed by atoms with E-state index in [4.69, 9.17) is 4.74 Å². The number of aromatic nitrogens is 2. The largest absolute Gasteiger partial charge is 0.491 e. The van der Waals surface area contributed by atoms with Gasteiger partial charge in [0.05, 0.1) is 6.10 Å². The first-order valence-electron chi connectivity index (χ1n) is 7.71. The lowest BCUT2D eigenvalue weighted by molar-refractivity contribution is 0.242. The number of hydrogen-bond donors (Lipinski definition) is 2. The van der Waals surface area contributed by atoms with Crippen LogP contribution < -0.4 is 15.6 Å². The zero-order chi connectivity index (χ0) is 15.9. The number of rotatable bonds is 7. The molecule has 0 unspecified atom stereocenters. The van der Waals surface area contributed by atoms with Gasteiger partial charge in [-0.15, -0.1) is 0 Å². The normalized spacial score (nSPS) is 10.7. The summed E-state index contributed by atoms with van der Waals surface area (Å²) >= 11 is 0. The molecule has 0 bridgehead atoms. The Morgan fingerprint density at radius 2 is 2.00 bits per heavy atom. The molecule has 2 aromatic rings. The second-order valence-electron chi connectivity index (χ2n) is 5.50. The summed E-state index contributed by atoms with van der Waals surface area (Å²) < 4.78 is 5.60. The standard InChI is InChI=1S/C17H23N3O2/c1-4-5-6-14-11-16(21)20-17(19-14)18-13-7-9-15(10-8-13)22-12(2)3/h7-12H,4-6H2,1-3H3,(H2,18,19,20,21). The molecule has 5 nitrogen and oxygen atoms in total. The van der Waals surface area contributed by atoms with Crippen LogP contribution in [-0.2, 0) is 6.42 Å². The van der Waals surface area contributed by atoms with Crippen LogP contribution in [0.4, 0.5) is 11.6 Å². The molecule has 0 aliphatic rings. The number of H-pyrrole nitrogens is 1. The Labute approximate surface area is 130 Å². The van der Waals surface area contributed by atoms with Gasteiger partial charge in [0.15, 0.2) is 0 Å². The molecule has 0 radical (unpaired) electrons. The first kappa shape index (κ1) is 16.1. The van der Waals surface area contributed by atoms with Crippen molar-refractivity contribution >= 4 is 11.6 Å². The molecule has 0 aliphatic carbocycles.